The second-order valence-electron chi connectivity index (χ2n) is 6.16. The molecule has 0 saturated heterocycles. The number of hydrogen-bond donors (Lipinski definition) is 0. The van der Waals surface area contributed by atoms with E-state index in [1.807, 2.05) is 6.07 Å². The Balaban J connectivity index is 1.75. The number of amides is 1. The van der Waals surface area contributed by atoms with Crippen molar-refractivity contribution in [2.75, 3.05) is 7.05 Å². The predicted molar refractivity (Wildman–Crippen MR) is 87.7 cm³/mol. The Morgan fingerprint density at radius 3 is 2.95 bits per heavy atom. The van der Waals surface area contributed by atoms with Crippen molar-refractivity contribution in [3.63, 3.8) is 0 Å². The van der Waals surface area contributed by atoms with E-state index < -0.39 is 0 Å². The maximum absolute atomic E-state index is 13.7. The number of carbonyl (C=O) groups excluding carboxylic acids is 1. The number of rotatable bonds is 3. The molecule has 2 nitrogen and oxygen atoms in total. The molecule has 1 amide bonds. The molecule has 1 aromatic heterocycles. The first-order chi connectivity index (χ1) is 10.5. The summed E-state index contributed by atoms with van der Waals surface area (Å²) in [4.78, 5) is 16.3. The molecule has 2 aromatic rings. The zero-order valence-electron chi connectivity index (χ0n) is 12.9. The molecule has 0 saturated carbocycles. The van der Waals surface area contributed by atoms with Crippen LogP contribution in [0.15, 0.2) is 30.3 Å². The van der Waals surface area contributed by atoms with Crippen LogP contribution in [-0.2, 0) is 19.4 Å². The van der Waals surface area contributed by atoms with Crippen molar-refractivity contribution in [2.24, 2.45) is 5.92 Å². The van der Waals surface area contributed by atoms with Gasteiger partial charge in [-0.15, -0.1) is 11.3 Å². The molecule has 4 heteroatoms. The highest BCUT2D eigenvalue weighted by Crippen LogP contribution is 2.32. The van der Waals surface area contributed by atoms with Crippen LogP contribution in [0.25, 0.3) is 0 Å². The van der Waals surface area contributed by atoms with Crippen molar-refractivity contribution in [2.45, 2.75) is 32.7 Å². The average molecular weight is 317 g/mol. The molecular formula is C18H20FNOS. The highest BCUT2D eigenvalue weighted by molar-refractivity contribution is 7.14. The van der Waals surface area contributed by atoms with Crippen LogP contribution < -0.4 is 0 Å². The lowest BCUT2D eigenvalue weighted by atomic mass is 9.90. The van der Waals surface area contributed by atoms with Crippen molar-refractivity contribution in [1.29, 1.82) is 0 Å². The lowest BCUT2D eigenvalue weighted by Crippen LogP contribution is -2.25. The minimum Gasteiger partial charge on any atom is -0.337 e. The van der Waals surface area contributed by atoms with Crippen molar-refractivity contribution in [3.8, 4) is 0 Å². The Labute approximate surface area is 134 Å². The quantitative estimate of drug-likeness (QED) is 0.827. The van der Waals surface area contributed by atoms with Crippen LogP contribution in [0.5, 0.6) is 0 Å². The van der Waals surface area contributed by atoms with Gasteiger partial charge in [0.25, 0.3) is 5.91 Å². The Bertz CT molecular complexity index is 694. The first kappa shape index (κ1) is 15.2. The predicted octanol–water partition coefficient (Wildman–Crippen LogP) is 4.28. The summed E-state index contributed by atoms with van der Waals surface area (Å²) in [7, 11) is 1.73. The van der Waals surface area contributed by atoms with E-state index >= 15 is 0 Å². The zero-order valence-corrected chi connectivity index (χ0v) is 13.8. The fourth-order valence-corrected chi connectivity index (χ4v) is 4.16. The summed E-state index contributed by atoms with van der Waals surface area (Å²) in [6.07, 6.45) is 3.34. The van der Waals surface area contributed by atoms with E-state index in [1.165, 1.54) is 22.9 Å². The Morgan fingerprint density at radius 1 is 1.41 bits per heavy atom. The molecular weight excluding hydrogens is 297 g/mol. The van der Waals surface area contributed by atoms with Gasteiger partial charge >= 0.3 is 0 Å². The topological polar surface area (TPSA) is 20.3 Å². The van der Waals surface area contributed by atoms with Crippen LogP contribution in [-0.4, -0.2) is 17.9 Å². The molecule has 0 fully saturated rings. The molecule has 1 heterocycles. The van der Waals surface area contributed by atoms with Crippen molar-refractivity contribution in [3.05, 3.63) is 57.0 Å². The highest BCUT2D eigenvalue weighted by atomic mass is 32.1. The van der Waals surface area contributed by atoms with E-state index in [4.69, 9.17) is 0 Å². The summed E-state index contributed by atoms with van der Waals surface area (Å²) in [6, 6.07) is 8.64. The van der Waals surface area contributed by atoms with Crippen LogP contribution in [0.2, 0.25) is 0 Å². The molecule has 116 valence electrons. The van der Waals surface area contributed by atoms with Crippen molar-refractivity contribution < 1.29 is 9.18 Å². The SMILES string of the molecule is C[C@H]1CCc2sc(C(=O)N(C)Cc3ccccc3F)cc2C1. The van der Waals surface area contributed by atoms with Gasteiger partial charge in [0, 0.05) is 24.0 Å². The normalized spacial score (nSPS) is 17.1. The third-order valence-electron chi connectivity index (χ3n) is 4.25. The van der Waals surface area contributed by atoms with Gasteiger partial charge in [-0.05, 0) is 42.9 Å². The molecule has 1 aliphatic rings. The molecule has 0 radical (unpaired) electrons. The van der Waals surface area contributed by atoms with E-state index in [0.717, 1.165) is 17.7 Å². The van der Waals surface area contributed by atoms with Gasteiger partial charge in [0.1, 0.15) is 5.82 Å². The largest absolute Gasteiger partial charge is 0.337 e. The summed E-state index contributed by atoms with van der Waals surface area (Å²) < 4.78 is 13.7. The smallest absolute Gasteiger partial charge is 0.263 e. The molecule has 1 aliphatic carbocycles. The van der Waals surface area contributed by atoms with E-state index in [2.05, 4.69) is 6.92 Å². The van der Waals surface area contributed by atoms with E-state index in [9.17, 15) is 9.18 Å². The van der Waals surface area contributed by atoms with Gasteiger partial charge in [0.2, 0.25) is 0 Å². The lowest BCUT2D eigenvalue weighted by Gasteiger charge is -2.16. The number of thiophene rings is 1. The van der Waals surface area contributed by atoms with E-state index in [0.29, 0.717) is 18.0 Å². The van der Waals surface area contributed by atoms with Gasteiger partial charge in [-0.2, -0.15) is 0 Å². The molecule has 1 aromatic carbocycles. The maximum atomic E-state index is 13.7. The molecule has 0 spiro atoms. The maximum Gasteiger partial charge on any atom is 0.263 e. The second kappa shape index (κ2) is 6.21. The van der Waals surface area contributed by atoms with Crippen molar-refractivity contribution in [1.82, 2.24) is 4.90 Å². The van der Waals surface area contributed by atoms with Gasteiger partial charge in [-0.3, -0.25) is 4.79 Å². The van der Waals surface area contributed by atoms with Crippen LogP contribution in [0.4, 0.5) is 4.39 Å². The third kappa shape index (κ3) is 3.07. The molecule has 0 unspecified atom stereocenters. The first-order valence-corrected chi connectivity index (χ1v) is 8.46. The standard InChI is InChI=1S/C18H20FNOS/c1-12-7-8-16-14(9-12)10-17(22-16)18(21)20(2)11-13-5-3-4-6-15(13)19/h3-6,10,12H,7-9,11H2,1-2H3/t12-/m0/s1. The number of hydrogen-bond acceptors (Lipinski definition) is 2. The van der Waals surface area contributed by atoms with Crippen LogP contribution in [0.1, 0.15) is 39.0 Å². The van der Waals surface area contributed by atoms with Crippen LogP contribution in [0, 0.1) is 11.7 Å². The fraction of sp³-hybridized carbons (Fsp3) is 0.389. The molecule has 1 atom stereocenters. The average Bonchev–Trinajstić information content (AvgIpc) is 2.91. The summed E-state index contributed by atoms with van der Waals surface area (Å²) in [5.41, 5.74) is 1.87. The summed E-state index contributed by atoms with van der Waals surface area (Å²) >= 11 is 1.60. The molecule has 3 rings (SSSR count). The van der Waals surface area contributed by atoms with E-state index in [1.54, 1.807) is 41.5 Å². The van der Waals surface area contributed by atoms with Crippen molar-refractivity contribution >= 4 is 17.2 Å². The summed E-state index contributed by atoms with van der Waals surface area (Å²) in [5.74, 6) is 0.415. The number of benzene rings is 1. The summed E-state index contributed by atoms with van der Waals surface area (Å²) in [5, 5.41) is 0. The summed E-state index contributed by atoms with van der Waals surface area (Å²) in [6.45, 7) is 2.55. The second-order valence-corrected chi connectivity index (χ2v) is 7.30. The number of carbonyl (C=O) groups is 1. The van der Waals surface area contributed by atoms with Crippen LogP contribution >= 0.6 is 11.3 Å². The van der Waals surface area contributed by atoms with Gasteiger partial charge in [-0.25, -0.2) is 4.39 Å². The van der Waals surface area contributed by atoms with E-state index in [-0.39, 0.29) is 11.7 Å². The minimum absolute atomic E-state index is 0.0182. The molecule has 0 N–H and O–H groups in total. The Kier molecular flexibility index (Phi) is 4.30. The van der Waals surface area contributed by atoms with Gasteiger partial charge < -0.3 is 4.90 Å². The third-order valence-corrected chi connectivity index (χ3v) is 5.48. The van der Waals surface area contributed by atoms with Crippen LogP contribution in [0.3, 0.4) is 0 Å². The monoisotopic (exact) mass is 317 g/mol. The molecule has 22 heavy (non-hydrogen) atoms. The highest BCUT2D eigenvalue weighted by Gasteiger charge is 2.22. The molecule has 0 bridgehead atoms. The van der Waals surface area contributed by atoms with Gasteiger partial charge in [-0.1, -0.05) is 25.1 Å². The fourth-order valence-electron chi connectivity index (χ4n) is 2.95. The Morgan fingerprint density at radius 2 is 2.18 bits per heavy atom. The molecule has 0 aliphatic heterocycles. The Hall–Kier alpha value is -1.68. The van der Waals surface area contributed by atoms with Gasteiger partial charge in [0.15, 0.2) is 0 Å². The minimum atomic E-state index is -0.263. The zero-order chi connectivity index (χ0) is 15.7. The van der Waals surface area contributed by atoms with Gasteiger partial charge in [0.05, 0.1) is 4.88 Å². The number of nitrogens with zero attached hydrogens (tertiary/aromatic N) is 1. The number of halogens is 1. The first-order valence-electron chi connectivity index (χ1n) is 7.65. The number of fused-ring (bicyclic) bond motifs is 1. The number of aryl methyl sites for hydroxylation is 1. The lowest BCUT2D eigenvalue weighted by molar-refractivity contribution is 0.0788.